The SMILES string of the molecule is Cc1ccccc1N1c2ccccc2C2(C3=C(C=CCC3)c3ccc(-c4ccc(C(c5ccccc5)N(C)c5ccccc5)cc4)cc32)c2ccccc21. The minimum Gasteiger partial charge on any atom is -0.363 e. The lowest BCUT2D eigenvalue weighted by atomic mass is 9.62. The Morgan fingerprint density at radius 3 is 1.81 bits per heavy atom. The third kappa shape index (κ3) is 4.87. The summed E-state index contributed by atoms with van der Waals surface area (Å²) in [6, 6.07) is 65.3. The van der Waals surface area contributed by atoms with E-state index in [1.807, 2.05) is 0 Å². The Morgan fingerprint density at radius 2 is 1.13 bits per heavy atom. The van der Waals surface area contributed by atoms with Crippen LogP contribution in [-0.2, 0) is 5.41 Å². The summed E-state index contributed by atoms with van der Waals surface area (Å²) < 4.78 is 0. The van der Waals surface area contributed by atoms with Crippen LogP contribution < -0.4 is 9.80 Å². The largest absolute Gasteiger partial charge is 0.363 e. The highest BCUT2D eigenvalue weighted by molar-refractivity contribution is 5.98. The van der Waals surface area contributed by atoms with Crippen LogP contribution in [-0.4, -0.2) is 7.05 Å². The van der Waals surface area contributed by atoms with Crippen molar-refractivity contribution in [3.05, 3.63) is 233 Å². The average Bonchev–Trinajstić information content (AvgIpc) is 3.53. The van der Waals surface area contributed by atoms with Crippen molar-refractivity contribution in [2.75, 3.05) is 16.8 Å². The summed E-state index contributed by atoms with van der Waals surface area (Å²) in [4.78, 5) is 4.88. The summed E-state index contributed by atoms with van der Waals surface area (Å²) in [7, 11) is 2.20. The fraction of sp³-hybridized carbons (Fsp3) is 0.115. The van der Waals surface area contributed by atoms with Gasteiger partial charge in [-0.2, -0.15) is 0 Å². The minimum absolute atomic E-state index is 0.0834. The van der Waals surface area contributed by atoms with Crippen LogP contribution in [0, 0.1) is 6.92 Å². The van der Waals surface area contributed by atoms with E-state index in [1.54, 1.807) is 0 Å². The summed E-state index contributed by atoms with van der Waals surface area (Å²) in [6.07, 6.45) is 6.85. The molecule has 1 aliphatic heterocycles. The normalized spacial score (nSPS) is 15.3. The van der Waals surface area contributed by atoms with Gasteiger partial charge in [-0.25, -0.2) is 0 Å². The van der Waals surface area contributed by atoms with Gasteiger partial charge >= 0.3 is 0 Å². The van der Waals surface area contributed by atoms with Gasteiger partial charge in [0.05, 0.1) is 22.8 Å². The summed E-state index contributed by atoms with van der Waals surface area (Å²) in [5.41, 5.74) is 19.2. The Balaban J connectivity index is 1.14. The fourth-order valence-electron chi connectivity index (χ4n) is 9.62. The fourth-order valence-corrected chi connectivity index (χ4v) is 9.62. The number of rotatable bonds is 6. The van der Waals surface area contributed by atoms with E-state index in [9.17, 15) is 0 Å². The van der Waals surface area contributed by atoms with E-state index in [-0.39, 0.29) is 6.04 Å². The lowest BCUT2D eigenvalue weighted by Crippen LogP contribution is -2.37. The van der Waals surface area contributed by atoms with Crippen LogP contribution in [0.2, 0.25) is 0 Å². The third-order valence-corrected chi connectivity index (χ3v) is 12.0. The first-order chi connectivity index (χ1) is 26.6. The molecule has 7 aromatic rings. The van der Waals surface area contributed by atoms with Crippen molar-refractivity contribution in [2.45, 2.75) is 31.2 Å². The summed E-state index contributed by atoms with van der Waals surface area (Å²) >= 11 is 0. The number of hydrogen-bond donors (Lipinski definition) is 0. The summed E-state index contributed by atoms with van der Waals surface area (Å²) in [5, 5.41) is 0. The first-order valence-corrected chi connectivity index (χ1v) is 19.2. The topological polar surface area (TPSA) is 6.48 Å². The molecule has 1 unspecified atom stereocenters. The van der Waals surface area contributed by atoms with Gasteiger partial charge in [0, 0.05) is 18.4 Å². The van der Waals surface area contributed by atoms with Gasteiger partial charge < -0.3 is 9.80 Å². The first kappa shape index (κ1) is 32.3. The molecule has 3 aliphatic rings. The number of para-hydroxylation sites is 4. The zero-order chi connectivity index (χ0) is 36.2. The van der Waals surface area contributed by atoms with Gasteiger partial charge in [0.2, 0.25) is 0 Å². The third-order valence-electron chi connectivity index (χ3n) is 12.0. The zero-order valence-electron chi connectivity index (χ0n) is 30.8. The molecule has 0 fully saturated rings. The van der Waals surface area contributed by atoms with Crippen molar-refractivity contribution in [2.24, 2.45) is 0 Å². The molecule has 2 nitrogen and oxygen atoms in total. The highest BCUT2D eigenvalue weighted by Crippen LogP contribution is 2.64. The Morgan fingerprint density at radius 1 is 0.556 bits per heavy atom. The van der Waals surface area contributed by atoms with Gasteiger partial charge in [-0.3, -0.25) is 0 Å². The lowest BCUT2D eigenvalue weighted by Gasteiger charge is -2.46. The number of allylic oxidation sites excluding steroid dienone is 4. The van der Waals surface area contributed by atoms with E-state index in [4.69, 9.17) is 0 Å². The molecule has 10 rings (SSSR count). The minimum atomic E-state index is -0.394. The molecule has 0 radical (unpaired) electrons. The van der Waals surface area contributed by atoms with Crippen molar-refractivity contribution >= 4 is 28.3 Å². The van der Waals surface area contributed by atoms with Crippen molar-refractivity contribution in [3.8, 4) is 11.1 Å². The number of fused-ring (bicyclic) bond motifs is 8. The molecule has 260 valence electrons. The molecule has 0 bridgehead atoms. The smallest absolute Gasteiger partial charge is 0.0792 e. The Hall–Kier alpha value is -6.38. The van der Waals surface area contributed by atoms with Crippen molar-refractivity contribution in [3.63, 3.8) is 0 Å². The van der Waals surface area contributed by atoms with Crippen LogP contribution in [0.5, 0.6) is 0 Å². The molecule has 2 aliphatic carbocycles. The maximum absolute atomic E-state index is 2.51. The molecule has 1 spiro atoms. The van der Waals surface area contributed by atoms with Gasteiger partial charge in [0.15, 0.2) is 0 Å². The van der Waals surface area contributed by atoms with Crippen LogP contribution >= 0.6 is 0 Å². The van der Waals surface area contributed by atoms with E-state index in [2.05, 4.69) is 212 Å². The van der Waals surface area contributed by atoms with E-state index >= 15 is 0 Å². The van der Waals surface area contributed by atoms with Gasteiger partial charge in [0.1, 0.15) is 0 Å². The molecule has 0 aromatic heterocycles. The van der Waals surface area contributed by atoms with Crippen LogP contribution in [0.4, 0.5) is 22.7 Å². The predicted molar refractivity (Wildman–Crippen MR) is 226 cm³/mol. The molecular weight excluding hydrogens is 653 g/mol. The highest BCUT2D eigenvalue weighted by Gasteiger charge is 2.52. The number of anilines is 4. The second-order valence-electron chi connectivity index (χ2n) is 14.9. The molecule has 7 aromatic carbocycles. The second kappa shape index (κ2) is 12.9. The Kier molecular flexibility index (Phi) is 7.73. The molecule has 2 heteroatoms. The molecule has 0 N–H and O–H groups in total. The molecule has 0 saturated heterocycles. The number of aryl methyl sites for hydroxylation is 1. The second-order valence-corrected chi connectivity index (χ2v) is 14.9. The molecule has 0 amide bonds. The van der Waals surface area contributed by atoms with E-state index in [0.717, 1.165) is 12.8 Å². The molecular formula is C52H42N2. The monoisotopic (exact) mass is 694 g/mol. The molecule has 54 heavy (non-hydrogen) atoms. The van der Waals surface area contributed by atoms with Crippen molar-refractivity contribution in [1.29, 1.82) is 0 Å². The van der Waals surface area contributed by atoms with Crippen LogP contribution in [0.3, 0.4) is 0 Å². The average molecular weight is 695 g/mol. The predicted octanol–water partition coefficient (Wildman–Crippen LogP) is 13.1. The highest BCUT2D eigenvalue weighted by atomic mass is 15.2. The Labute approximate surface area is 319 Å². The van der Waals surface area contributed by atoms with Crippen LogP contribution in [0.15, 0.2) is 194 Å². The quantitative estimate of drug-likeness (QED) is 0.171. The lowest BCUT2D eigenvalue weighted by molar-refractivity contribution is 0.687. The molecule has 1 atom stereocenters. The van der Waals surface area contributed by atoms with Gasteiger partial charge in [0.25, 0.3) is 0 Å². The van der Waals surface area contributed by atoms with E-state index in [1.165, 1.54) is 84.0 Å². The van der Waals surface area contributed by atoms with E-state index < -0.39 is 5.41 Å². The van der Waals surface area contributed by atoms with Crippen LogP contribution in [0.25, 0.3) is 16.7 Å². The van der Waals surface area contributed by atoms with Gasteiger partial charge in [-0.1, -0.05) is 152 Å². The molecule has 1 heterocycles. The number of nitrogens with zero attached hydrogens (tertiary/aromatic N) is 2. The first-order valence-electron chi connectivity index (χ1n) is 19.2. The molecule has 0 saturated carbocycles. The maximum atomic E-state index is 2.51. The van der Waals surface area contributed by atoms with Gasteiger partial charge in [-0.15, -0.1) is 0 Å². The van der Waals surface area contributed by atoms with Crippen molar-refractivity contribution < 1.29 is 0 Å². The maximum Gasteiger partial charge on any atom is 0.0792 e. The number of benzene rings is 7. The van der Waals surface area contributed by atoms with Gasteiger partial charge in [-0.05, 0) is 117 Å². The summed E-state index contributed by atoms with van der Waals surface area (Å²) in [5.74, 6) is 0. The Bertz CT molecular complexity index is 2530. The number of hydrogen-bond acceptors (Lipinski definition) is 2. The van der Waals surface area contributed by atoms with E-state index in [0.29, 0.717) is 0 Å². The standard InChI is InChI=1S/C52H42N2/c1-36-17-9-14-26-48(36)54-49-27-15-12-24-45(49)52(46-25-13-16-28-50(46)54)44-23-11-10-22-42(44)43-34-33-40(35-47(43)52)37-29-31-39(32-30-37)51(38-18-5-3-6-19-38)53(2)41-20-7-4-8-21-41/h3-10,12-22,24-35,51H,11,23H2,1-2H3. The van der Waals surface area contributed by atoms with Crippen LogP contribution in [0.1, 0.15) is 57.8 Å². The van der Waals surface area contributed by atoms with Crippen molar-refractivity contribution in [1.82, 2.24) is 0 Å². The zero-order valence-corrected chi connectivity index (χ0v) is 30.8. The summed E-state index contributed by atoms with van der Waals surface area (Å²) in [6.45, 7) is 2.22.